The van der Waals surface area contributed by atoms with Crippen molar-refractivity contribution < 1.29 is 19.1 Å². The van der Waals surface area contributed by atoms with Crippen LogP contribution in [-0.2, 0) is 4.79 Å². The quantitative estimate of drug-likeness (QED) is 0.354. The van der Waals surface area contributed by atoms with Crippen LogP contribution in [0.1, 0.15) is 21.5 Å². The van der Waals surface area contributed by atoms with Crippen molar-refractivity contribution in [3.8, 4) is 11.5 Å². The summed E-state index contributed by atoms with van der Waals surface area (Å²) in [4.78, 5) is 24.2. The van der Waals surface area contributed by atoms with Crippen LogP contribution in [0.5, 0.6) is 11.5 Å². The first-order valence-corrected chi connectivity index (χ1v) is 10.5. The number of anilines is 1. The highest BCUT2D eigenvalue weighted by Crippen LogP contribution is 2.25. The molecular weight excluding hydrogens is 474 g/mol. The summed E-state index contributed by atoms with van der Waals surface area (Å²) >= 11 is 3.42. The van der Waals surface area contributed by atoms with E-state index in [-0.39, 0.29) is 18.4 Å². The Balaban J connectivity index is 1.50. The smallest absolute Gasteiger partial charge is 0.271 e. The lowest BCUT2D eigenvalue weighted by Gasteiger charge is -2.10. The maximum absolute atomic E-state index is 12.1. The van der Waals surface area contributed by atoms with Gasteiger partial charge in [0.15, 0.2) is 6.61 Å². The summed E-state index contributed by atoms with van der Waals surface area (Å²) in [6, 6.07) is 19.5. The number of nitrogens with one attached hydrogen (secondary N) is 2. The second-order valence-electron chi connectivity index (χ2n) is 6.82. The first-order chi connectivity index (χ1) is 15.4. The molecule has 0 spiro atoms. The van der Waals surface area contributed by atoms with E-state index in [9.17, 15) is 9.59 Å². The number of methoxy groups -OCH3 is 1. The second-order valence-corrected chi connectivity index (χ2v) is 7.67. The van der Waals surface area contributed by atoms with Gasteiger partial charge in [0.05, 0.1) is 17.8 Å². The Morgan fingerprint density at radius 3 is 2.41 bits per heavy atom. The van der Waals surface area contributed by atoms with Gasteiger partial charge < -0.3 is 14.8 Å². The molecule has 2 amide bonds. The molecule has 0 unspecified atom stereocenters. The molecule has 3 aromatic rings. The van der Waals surface area contributed by atoms with Crippen LogP contribution in [0.2, 0.25) is 0 Å². The fourth-order valence-electron chi connectivity index (χ4n) is 2.66. The Kier molecular flexibility index (Phi) is 7.99. The zero-order chi connectivity index (χ0) is 22.9. The lowest BCUT2D eigenvalue weighted by atomic mass is 10.1. The molecule has 7 nitrogen and oxygen atoms in total. The number of nitrogens with zero attached hydrogens (tertiary/aromatic N) is 1. The van der Waals surface area contributed by atoms with Crippen LogP contribution in [0.25, 0.3) is 0 Å². The van der Waals surface area contributed by atoms with Gasteiger partial charge in [-0.15, -0.1) is 0 Å². The Bertz CT molecular complexity index is 1110. The Labute approximate surface area is 194 Å². The highest BCUT2D eigenvalue weighted by atomic mass is 79.9. The van der Waals surface area contributed by atoms with Crippen LogP contribution in [0.15, 0.2) is 76.3 Å². The van der Waals surface area contributed by atoms with E-state index in [0.717, 1.165) is 11.1 Å². The van der Waals surface area contributed by atoms with Gasteiger partial charge in [0.25, 0.3) is 11.8 Å². The Morgan fingerprint density at radius 1 is 1.03 bits per heavy atom. The van der Waals surface area contributed by atoms with E-state index in [1.165, 1.54) is 6.21 Å². The molecule has 2 N–H and O–H groups in total. The van der Waals surface area contributed by atoms with E-state index in [4.69, 9.17) is 9.47 Å². The monoisotopic (exact) mass is 495 g/mol. The Morgan fingerprint density at radius 2 is 1.75 bits per heavy atom. The number of carbonyl (C=O) groups is 2. The van der Waals surface area contributed by atoms with Crippen molar-refractivity contribution in [2.75, 3.05) is 19.0 Å². The lowest BCUT2D eigenvalue weighted by molar-refractivity contribution is -0.118. The SMILES string of the molecule is COc1ccc(NC(=O)COc2ccc(C=NNC(=O)c3ccc(C)cc3)cc2Br)cc1. The third-order valence-electron chi connectivity index (χ3n) is 4.38. The van der Waals surface area contributed by atoms with Crippen molar-refractivity contribution in [1.82, 2.24) is 5.43 Å². The first kappa shape index (κ1) is 23.0. The molecule has 32 heavy (non-hydrogen) atoms. The van der Waals surface area contributed by atoms with E-state index >= 15 is 0 Å². The summed E-state index contributed by atoms with van der Waals surface area (Å²) in [5.41, 5.74) is 5.50. The van der Waals surface area contributed by atoms with Gasteiger partial charge in [-0.3, -0.25) is 9.59 Å². The molecule has 0 bridgehead atoms. The number of benzene rings is 3. The molecule has 8 heteroatoms. The van der Waals surface area contributed by atoms with Gasteiger partial charge in [-0.1, -0.05) is 17.7 Å². The Hall–Kier alpha value is -3.65. The number of carbonyl (C=O) groups excluding carboxylic acids is 2. The van der Waals surface area contributed by atoms with E-state index in [0.29, 0.717) is 27.2 Å². The number of amides is 2. The molecule has 0 radical (unpaired) electrons. The van der Waals surface area contributed by atoms with Gasteiger partial charge in [0, 0.05) is 11.3 Å². The molecule has 0 atom stereocenters. The normalized spacial score (nSPS) is 10.6. The summed E-state index contributed by atoms with van der Waals surface area (Å²) in [5, 5.41) is 6.74. The van der Waals surface area contributed by atoms with E-state index in [1.807, 2.05) is 19.1 Å². The number of aryl methyl sites for hydroxylation is 1. The summed E-state index contributed by atoms with van der Waals surface area (Å²) in [5.74, 6) is 0.645. The first-order valence-electron chi connectivity index (χ1n) is 9.71. The number of rotatable bonds is 8. The molecule has 0 aliphatic heterocycles. The third kappa shape index (κ3) is 6.68. The highest BCUT2D eigenvalue weighted by molar-refractivity contribution is 9.10. The van der Waals surface area contributed by atoms with Crippen LogP contribution < -0.4 is 20.2 Å². The maximum atomic E-state index is 12.1. The number of hydrogen-bond donors (Lipinski definition) is 2. The number of ether oxygens (including phenoxy) is 2. The topological polar surface area (TPSA) is 89.0 Å². The van der Waals surface area contributed by atoms with Crippen molar-refractivity contribution in [2.24, 2.45) is 5.10 Å². The minimum absolute atomic E-state index is 0.148. The molecule has 0 saturated heterocycles. The van der Waals surface area contributed by atoms with E-state index in [2.05, 4.69) is 31.8 Å². The second kappa shape index (κ2) is 11.1. The molecule has 0 fully saturated rings. The number of halogens is 1. The largest absolute Gasteiger partial charge is 0.497 e. The van der Waals surface area contributed by atoms with Gasteiger partial charge in [-0.25, -0.2) is 5.43 Å². The van der Waals surface area contributed by atoms with Crippen LogP contribution in [-0.4, -0.2) is 31.7 Å². The lowest BCUT2D eigenvalue weighted by Crippen LogP contribution is -2.20. The van der Waals surface area contributed by atoms with Crippen LogP contribution in [0.4, 0.5) is 5.69 Å². The molecule has 3 aromatic carbocycles. The van der Waals surface area contributed by atoms with Crippen LogP contribution in [0, 0.1) is 6.92 Å². The molecule has 0 saturated carbocycles. The molecule has 0 aliphatic rings. The minimum Gasteiger partial charge on any atom is -0.497 e. The highest BCUT2D eigenvalue weighted by Gasteiger charge is 2.08. The number of hydrogen-bond acceptors (Lipinski definition) is 5. The van der Waals surface area contributed by atoms with Crippen LogP contribution >= 0.6 is 15.9 Å². The van der Waals surface area contributed by atoms with Gasteiger partial charge in [-0.2, -0.15) is 5.10 Å². The van der Waals surface area contributed by atoms with Gasteiger partial charge in [0.2, 0.25) is 0 Å². The average molecular weight is 496 g/mol. The van der Waals surface area contributed by atoms with E-state index in [1.54, 1.807) is 61.7 Å². The molecular formula is C24H22BrN3O4. The molecule has 164 valence electrons. The van der Waals surface area contributed by atoms with Crippen molar-refractivity contribution in [2.45, 2.75) is 6.92 Å². The molecule has 0 heterocycles. The van der Waals surface area contributed by atoms with Crippen molar-refractivity contribution >= 4 is 39.6 Å². The molecule has 0 aromatic heterocycles. The molecule has 0 aliphatic carbocycles. The average Bonchev–Trinajstić information content (AvgIpc) is 2.79. The van der Waals surface area contributed by atoms with Crippen molar-refractivity contribution in [1.29, 1.82) is 0 Å². The zero-order valence-corrected chi connectivity index (χ0v) is 19.2. The predicted molar refractivity (Wildman–Crippen MR) is 127 cm³/mol. The zero-order valence-electron chi connectivity index (χ0n) is 17.6. The van der Waals surface area contributed by atoms with Gasteiger partial charge in [0.1, 0.15) is 11.5 Å². The third-order valence-corrected chi connectivity index (χ3v) is 5.00. The summed E-state index contributed by atoms with van der Waals surface area (Å²) in [6.45, 7) is 1.81. The summed E-state index contributed by atoms with van der Waals surface area (Å²) in [7, 11) is 1.58. The fourth-order valence-corrected chi connectivity index (χ4v) is 3.18. The van der Waals surface area contributed by atoms with Crippen LogP contribution in [0.3, 0.4) is 0 Å². The van der Waals surface area contributed by atoms with Gasteiger partial charge >= 0.3 is 0 Å². The predicted octanol–water partition coefficient (Wildman–Crippen LogP) is 4.55. The van der Waals surface area contributed by atoms with E-state index < -0.39 is 0 Å². The van der Waals surface area contributed by atoms with Crippen molar-refractivity contribution in [3.05, 3.63) is 87.9 Å². The standard InChI is InChI=1S/C24H22BrN3O4/c1-16-3-6-18(7-4-16)24(30)28-26-14-17-5-12-22(21(25)13-17)32-15-23(29)27-19-8-10-20(31-2)11-9-19/h3-14H,15H2,1-2H3,(H,27,29)(H,28,30). The fraction of sp³-hybridized carbons (Fsp3) is 0.125. The number of hydrazone groups is 1. The summed E-state index contributed by atoms with van der Waals surface area (Å²) < 4.78 is 11.3. The van der Waals surface area contributed by atoms with Crippen molar-refractivity contribution in [3.63, 3.8) is 0 Å². The summed E-state index contributed by atoms with van der Waals surface area (Å²) in [6.07, 6.45) is 1.52. The molecule has 3 rings (SSSR count). The maximum Gasteiger partial charge on any atom is 0.271 e. The minimum atomic E-state index is -0.289. The van der Waals surface area contributed by atoms with Gasteiger partial charge in [-0.05, 0) is 83.0 Å².